The predicted molar refractivity (Wildman–Crippen MR) is 435 cm³/mol. The molecule has 102 heavy (non-hydrogen) atoms. The van der Waals surface area contributed by atoms with Crippen molar-refractivity contribution in [2.24, 2.45) is 0 Å². The molecule has 0 aromatic heterocycles. The van der Waals surface area contributed by atoms with Gasteiger partial charge in [0.25, 0.3) is 6.71 Å². The molecule has 0 fully saturated rings. The van der Waals surface area contributed by atoms with E-state index in [1.54, 1.807) is 0 Å². The molecule has 0 spiro atoms. The Morgan fingerprint density at radius 1 is 0.275 bits per heavy atom. The molecule has 0 saturated carbocycles. The summed E-state index contributed by atoms with van der Waals surface area (Å²) >= 11 is 7.58. The van der Waals surface area contributed by atoms with Gasteiger partial charge >= 0.3 is 0 Å². The Morgan fingerprint density at radius 3 is 1.05 bits per heavy atom. The molecule has 2 heterocycles. The molecule has 2 aliphatic heterocycles. The summed E-state index contributed by atoms with van der Waals surface area (Å²) in [6.07, 6.45) is 0. The number of hydrogen-bond acceptors (Lipinski definition) is 2. The summed E-state index contributed by atoms with van der Waals surface area (Å²) in [7, 11) is -5.98. The van der Waals surface area contributed by atoms with E-state index in [2.05, 4.69) is 376 Å². The standard InChI is InChI=1S/C48H33BOSi.C48H35ClOSi/c1-4-13-34(14-5-1)37-23-28-40(29-24-37)51(41-30-25-38(26-31-41)35-15-6-2-7-16-35)46-32-27-39(36-17-8-3-9-18-36)33-43(46)49-42-19-10-11-20-44(42)50-45-21-12-22-47(51)48(45)49;49-48-46(50-42-20-11-4-12-21-42)22-13-23-47(48)51(43-30-24-39(25-31-43)36-14-5-1-6-15-36,44-32-26-40(27-33-44)37-16-7-2-8-17-37)45-34-28-41(29-35-45)38-18-9-3-10-19-38/h1-33H;1-35H. The van der Waals surface area contributed by atoms with Crippen LogP contribution in [-0.2, 0) is 0 Å². The van der Waals surface area contributed by atoms with Crippen molar-refractivity contribution in [2.45, 2.75) is 0 Å². The van der Waals surface area contributed by atoms with Gasteiger partial charge in [-0.1, -0.05) is 399 Å². The highest BCUT2D eigenvalue weighted by molar-refractivity contribution is 7.26. The zero-order valence-electron chi connectivity index (χ0n) is 56.0. The number of rotatable bonds is 14. The molecule has 0 unspecified atom stereocenters. The van der Waals surface area contributed by atoms with Gasteiger partial charge in [-0.15, -0.1) is 0 Å². The average Bonchev–Trinajstić information content (AvgIpc) is 0.684. The van der Waals surface area contributed by atoms with Gasteiger partial charge in [-0.3, -0.25) is 0 Å². The Bertz CT molecular complexity index is 5300. The Balaban J connectivity index is 0.000000152. The largest absolute Gasteiger partial charge is 0.458 e. The molecule has 482 valence electrons. The van der Waals surface area contributed by atoms with Gasteiger partial charge in [-0.05, 0) is 150 Å². The van der Waals surface area contributed by atoms with Gasteiger partial charge in [0.05, 0.1) is 5.02 Å². The Hall–Kier alpha value is -12.1. The zero-order chi connectivity index (χ0) is 68.2. The number of hydrogen-bond donors (Lipinski definition) is 0. The first-order chi connectivity index (χ1) is 50.5. The first-order valence-electron chi connectivity index (χ1n) is 34.9. The molecule has 0 radical (unpaired) electrons. The van der Waals surface area contributed by atoms with E-state index in [4.69, 9.17) is 21.1 Å². The fraction of sp³-hybridized carbons (Fsp3) is 0. The minimum absolute atomic E-state index is 0.0626. The van der Waals surface area contributed by atoms with E-state index in [-0.39, 0.29) is 6.71 Å². The summed E-state index contributed by atoms with van der Waals surface area (Å²) in [5, 5.41) is 11.0. The smallest absolute Gasteiger partial charge is 0.250 e. The first kappa shape index (κ1) is 63.4. The van der Waals surface area contributed by atoms with Crippen molar-refractivity contribution in [1.29, 1.82) is 0 Å². The number of fused-ring (bicyclic) bond motifs is 4. The van der Waals surface area contributed by atoms with E-state index in [0.29, 0.717) is 10.8 Å². The van der Waals surface area contributed by atoms with E-state index in [1.807, 2.05) is 36.4 Å². The molecule has 0 bridgehead atoms. The lowest BCUT2D eigenvalue weighted by molar-refractivity contribution is 0.483. The van der Waals surface area contributed by atoms with Crippen molar-refractivity contribution in [1.82, 2.24) is 0 Å². The Morgan fingerprint density at radius 2 is 0.618 bits per heavy atom. The average molecular weight is 1360 g/mol. The van der Waals surface area contributed by atoms with Gasteiger partial charge in [-0.2, -0.15) is 0 Å². The molecule has 16 aromatic rings. The van der Waals surface area contributed by atoms with Crippen LogP contribution in [-0.4, -0.2) is 22.9 Å². The molecular weight excluding hydrogens is 1290 g/mol. The van der Waals surface area contributed by atoms with Gasteiger partial charge in [0, 0.05) is 0 Å². The summed E-state index contributed by atoms with van der Waals surface area (Å²) in [5.41, 5.74) is 18.4. The van der Waals surface area contributed by atoms with Crippen LogP contribution in [0.15, 0.2) is 413 Å². The minimum Gasteiger partial charge on any atom is -0.458 e. The molecule has 0 atom stereocenters. The molecule has 0 aliphatic carbocycles. The maximum atomic E-state index is 7.58. The second-order valence-corrected chi connectivity index (χ2v) is 34.1. The second-order valence-electron chi connectivity index (χ2n) is 26.2. The van der Waals surface area contributed by atoms with Gasteiger partial charge in [0.1, 0.15) is 23.0 Å². The normalized spacial score (nSPS) is 12.3. The lowest BCUT2D eigenvalue weighted by Crippen LogP contribution is -2.87. The summed E-state index contributed by atoms with van der Waals surface area (Å²) in [6, 6.07) is 149. The van der Waals surface area contributed by atoms with Crippen molar-refractivity contribution in [3.63, 3.8) is 0 Å². The summed E-state index contributed by atoms with van der Waals surface area (Å²) in [4.78, 5) is 0. The number of ether oxygens (including phenoxy) is 2. The second kappa shape index (κ2) is 27.9. The molecule has 6 heteroatoms. The van der Waals surface area contributed by atoms with Crippen LogP contribution in [0.3, 0.4) is 0 Å². The van der Waals surface area contributed by atoms with Crippen molar-refractivity contribution >= 4 is 92.3 Å². The van der Waals surface area contributed by atoms with E-state index < -0.39 is 16.1 Å². The van der Waals surface area contributed by atoms with Crippen molar-refractivity contribution in [2.75, 3.05) is 0 Å². The SMILES string of the molecule is Clc1c(Oc2ccccc2)cccc1[Si](c1ccc(-c2ccccc2)cc1)(c1ccc(-c2ccccc2)cc1)c1ccc(-c2ccccc2)cc1.c1ccc(-c2ccc([Si]3(c4ccc(-c5ccccc5)cc4)c4ccc(-c5ccccc5)cc4B4c5ccccc5Oc5cccc3c54)cc2)cc1. The third kappa shape index (κ3) is 11.7. The molecule has 2 aliphatic rings. The molecule has 0 N–H and O–H groups in total. The highest BCUT2D eigenvalue weighted by atomic mass is 35.5. The third-order valence-corrected chi connectivity index (χ3v) is 30.8. The molecule has 0 amide bonds. The van der Waals surface area contributed by atoms with Crippen molar-refractivity contribution in [3.8, 4) is 89.8 Å². The number of halogens is 1. The van der Waals surface area contributed by atoms with Gasteiger partial charge in [0.15, 0.2) is 16.1 Å². The zero-order valence-corrected chi connectivity index (χ0v) is 58.8. The number of benzene rings is 16. The Kier molecular flexibility index (Phi) is 17.3. The molecule has 0 saturated heterocycles. The van der Waals surface area contributed by atoms with Crippen LogP contribution in [0.25, 0.3) is 66.8 Å². The maximum Gasteiger partial charge on any atom is 0.250 e. The van der Waals surface area contributed by atoms with Crippen molar-refractivity contribution in [3.05, 3.63) is 418 Å². The highest BCUT2D eigenvalue weighted by Crippen LogP contribution is 2.34. The Labute approximate surface area is 604 Å². The van der Waals surface area contributed by atoms with Crippen LogP contribution >= 0.6 is 11.6 Å². The predicted octanol–water partition coefficient (Wildman–Crippen LogP) is 17.5. The lowest BCUT2D eigenvalue weighted by atomic mass is 9.35. The molecule has 18 rings (SSSR count). The topological polar surface area (TPSA) is 18.5 Å². The molecule has 2 nitrogen and oxygen atoms in total. The number of para-hydroxylation sites is 2. The minimum atomic E-state index is -3.08. The van der Waals surface area contributed by atoms with Crippen LogP contribution in [0.2, 0.25) is 5.02 Å². The lowest BCUT2D eigenvalue weighted by Gasteiger charge is -2.45. The van der Waals surface area contributed by atoms with Gasteiger partial charge in [-0.25, -0.2) is 0 Å². The summed E-state index contributed by atoms with van der Waals surface area (Å²) < 4.78 is 13.3. The van der Waals surface area contributed by atoms with E-state index in [0.717, 1.165) is 22.4 Å². The monoisotopic (exact) mass is 1350 g/mol. The van der Waals surface area contributed by atoms with E-state index in [1.165, 1.54) is 119 Å². The fourth-order valence-electron chi connectivity index (χ4n) is 15.7. The van der Waals surface area contributed by atoms with E-state index in [9.17, 15) is 0 Å². The quantitative estimate of drug-likeness (QED) is 0.0798. The van der Waals surface area contributed by atoms with Crippen molar-refractivity contribution < 1.29 is 9.47 Å². The van der Waals surface area contributed by atoms with Gasteiger partial charge in [0.2, 0.25) is 0 Å². The third-order valence-electron chi connectivity index (χ3n) is 20.5. The van der Waals surface area contributed by atoms with Crippen LogP contribution in [0.1, 0.15) is 0 Å². The maximum absolute atomic E-state index is 7.58. The highest BCUT2D eigenvalue weighted by Gasteiger charge is 2.53. The van der Waals surface area contributed by atoms with Crippen LogP contribution in [0, 0.1) is 0 Å². The van der Waals surface area contributed by atoms with Gasteiger partial charge < -0.3 is 9.47 Å². The molecular formula is C96H68BClO2Si2. The van der Waals surface area contributed by atoms with Crippen LogP contribution in [0.4, 0.5) is 0 Å². The fourth-order valence-corrected chi connectivity index (χ4v) is 26.3. The summed E-state index contributed by atoms with van der Waals surface area (Å²) in [6.45, 7) is 0.0626. The van der Waals surface area contributed by atoms with E-state index >= 15 is 0 Å². The van der Waals surface area contributed by atoms with Crippen LogP contribution < -0.4 is 67.4 Å². The summed E-state index contributed by atoms with van der Waals surface area (Å²) in [5.74, 6) is 3.29. The van der Waals surface area contributed by atoms with Crippen LogP contribution in [0.5, 0.6) is 23.0 Å². The molecule has 16 aromatic carbocycles. The first-order valence-corrected chi connectivity index (χ1v) is 39.3.